The van der Waals surface area contributed by atoms with E-state index in [-0.39, 0.29) is 30.6 Å². The summed E-state index contributed by atoms with van der Waals surface area (Å²) in [5.74, 6) is 0.226. The molecule has 0 radical (unpaired) electrons. The molecule has 5 heteroatoms. The fraction of sp³-hybridized carbons (Fsp3) is 0.364. The van der Waals surface area contributed by atoms with Gasteiger partial charge in [0.2, 0.25) is 0 Å². The summed E-state index contributed by atoms with van der Waals surface area (Å²) in [6.45, 7) is 2.86. The Morgan fingerprint density at radius 1 is 1.38 bits per heavy atom. The minimum atomic E-state index is 0. The quantitative estimate of drug-likeness (QED) is 0.565. The summed E-state index contributed by atoms with van der Waals surface area (Å²) in [5, 5.41) is 10.3. The molecule has 0 fully saturated rings. The average Bonchev–Trinajstić information content (AvgIpc) is 2.18. The van der Waals surface area contributed by atoms with Crippen LogP contribution in [0.4, 0.5) is 5.69 Å². The molecule has 0 aromatic heterocycles. The molecule has 1 rings (SSSR count). The lowest BCUT2D eigenvalue weighted by molar-refractivity contribution is 1.07. The lowest BCUT2D eigenvalue weighted by Gasteiger charge is -2.06. The van der Waals surface area contributed by atoms with Gasteiger partial charge in [-0.3, -0.25) is 5.41 Å². The molecule has 1 aromatic carbocycles. The molecule has 0 aliphatic rings. The first-order valence-corrected chi connectivity index (χ1v) is 4.88. The highest BCUT2D eigenvalue weighted by atomic mass is 35.5. The fourth-order valence-corrected chi connectivity index (χ4v) is 1.24. The zero-order valence-electron chi connectivity index (χ0n) is 9.32. The third-order valence-electron chi connectivity index (χ3n) is 2.06. The molecular formula is C11H19Cl2N3. The molecule has 92 valence electrons. The number of anilines is 1. The van der Waals surface area contributed by atoms with Crippen molar-refractivity contribution in [1.29, 1.82) is 5.41 Å². The summed E-state index contributed by atoms with van der Waals surface area (Å²) in [7, 11) is 0. The zero-order chi connectivity index (χ0) is 10.4. The van der Waals surface area contributed by atoms with Gasteiger partial charge < -0.3 is 11.1 Å². The second-order valence-corrected chi connectivity index (χ2v) is 3.26. The smallest absolute Gasteiger partial charge is 0.0923 e. The molecule has 3 nitrogen and oxygen atoms in total. The molecule has 0 aliphatic heterocycles. The highest BCUT2D eigenvalue weighted by Crippen LogP contribution is 2.10. The predicted octanol–water partition coefficient (Wildman–Crippen LogP) is 2.83. The van der Waals surface area contributed by atoms with Crippen LogP contribution in [0.3, 0.4) is 0 Å². The average molecular weight is 264 g/mol. The van der Waals surface area contributed by atoms with Crippen LogP contribution in [0, 0.1) is 5.41 Å². The largest absolute Gasteiger partial charge is 0.388 e. The van der Waals surface area contributed by atoms with Crippen molar-refractivity contribution in [2.75, 3.05) is 11.9 Å². The van der Waals surface area contributed by atoms with Crippen molar-refractivity contribution in [2.45, 2.75) is 19.8 Å². The van der Waals surface area contributed by atoms with Gasteiger partial charge in [-0.05, 0) is 24.1 Å². The summed E-state index contributed by atoms with van der Waals surface area (Å²) in [5.41, 5.74) is 7.68. The zero-order valence-corrected chi connectivity index (χ0v) is 11.0. The maximum atomic E-state index is 7.08. The third kappa shape index (κ3) is 6.53. The van der Waals surface area contributed by atoms with Crippen LogP contribution in [-0.4, -0.2) is 12.4 Å². The Morgan fingerprint density at radius 3 is 2.62 bits per heavy atom. The fourth-order valence-electron chi connectivity index (χ4n) is 1.24. The maximum Gasteiger partial charge on any atom is 0.0923 e. The van der Waals surface area contributed by atoms with Gasteiger partial charge in [0.15, 0.2) is 0 Å². The number of amidine groups is 1. The topological polar surface area (TPSA) is 61.9 Å². The Balaban J connectivity index is 0. The molecule has 0 spiro atoms. The second kappa shape index (κ2) is 9.31. The van der Waals surface area contributed by atoms with E-state index in [0.717, 1.165) is 18.7 Å². The number of hydrogen-bond acceptors (Lipinski definition) is 2. The van der Waals surface area contributed by atoms with Crippen molar-refractivity contribution in [3.63, 3.8) is 0 Å². The van der Waals surface area contributed by atoms with E-state index in [9.17, 15) is 0 Å². The van der Waals surface area contributed by atoms with Crippen LogP contribution in [-0.2, 0) is 6.42 Å². The van der Waals surface area contributed by atoms with Crippen LogP contribution < -0.4 is 11.1 Å². The first-order valence-electron chi connectivity index (χ1n) is 4.88. The van der Waals surface area contributed by atoms with Gasteiger partial charge in [-0.15, -0.1) is 24.8 Å². The Kier molecular flexibility index (Phi) is 10.2. The molecular weight excluding hydrogens is 245 g/mol. The molecule has 1 aromatic rings. The molecule has 0 heterocycles. The third-order valence-corrected chi connectivity index (χ3v) is 2.06. The number of aryl methyl sites for hydroxylation is 1. The van der Waals surface area contributed by atoms with E-state index in [1.807, 2.05) is 12.1 Å². The molecule has 0 atom stereocenters. The number of nitrogens with two attached hydrogens (primary N) is 1. The molecule has 0 saturated heterocycles. The van der Waals surface area contributed by atoms with Gasteiger partial charge in [-0.1, -0.05) is 19.1 Å². The summed E-state index contributed by atoms with van der Waals surface area (Å²) in [6, 6.07) is 8.30. The summed E-state index contributed by atoms with van der Waals surface area (Å²) in [4.78, 5) is 0. The number of hydrogen-bond donors (Lipinski definition) is 3. The lowest BCUT2D eigenvalue weighted by Crippen LogP contribution is -2.15. The van der Waals surface area contributed by atoms with Crippen molar-refractivity contribution >= 4 is 36.3 Å². The highest BCUT2D eigenvalue weighted by molar-refractivity contribution is 5.85. The van der Waals surface area contributed by atoms with E-state index in [0.29, 0.717) is 6.42 Å². The SMILES string of the molecule is CCc1cccc(NCCC(=N)N)c1.Cl.Cl. The van der Waals surface area contributed by atoms with Crippen molar-refractivity contribution < 1.29 is 0 Å². The van der Waals surface area contributed by atoms with Gasteiger partial charge in [0.25, 0.3) is 0 Å². The minimum absolute atomic E-state index is 0. The van der Waals surface area contributed by atoms with Crippen LogP contribution in [0.2, 0.25) is 0 Å². The number of rotatable bonds is 5. The van der Waals surface area contributed by atoms with Crippen LogP contribution >= 0.6 is 24.8 Å². The van der Waals surface area contributed by atoms with Gasteiger partial charge in [0, 0.05) is 18.7 Å². The molecule has 16 heavy (non-hydrogen) atoms. The Morgan fingerprint density at radius 2 is 2.06 bits per heavy atom. The van der Waals surface area contributed by atoms with Crippen molar-refractivity contribution in [1.82, 2.24) is 0 Å². The first kappa shape index (κ1) is 17.5. The Labute approximate surface area is 109 Å². The monoisotopic (exact) mass is 263 g/mol. The van der Waals surface area contributed by atoms with E-state index in [2.05, 4.69) is 24.4 Å². The van der Waals surface area contributed by atoms with Crippen LogP contribution in [0.25, 0.3) is 0 Å². The minimum Gasteiger partial charge on any atom is -0.388 e. The molecule has 0 amide bonds. The van der Waals surface area contributed by atoms with Gasteiger partial charge in [-0.2, -0.15) is 0 Å². The molecule has 4 N–H and O–H groups in total. The second-order valence-electron chi connectivity index (χ2n) is 3.26. The van der Waals surface area contributed by atoms with Crippen LogP contribution in [0.5, 0.6) is 0 Å². The number of benzene rings is 1. The van der Waals surface area contributed by atoms with E-state index in [1.54, 1.807) is 0 Å². The molecule has 0 bridgehead atoms. The summed E-state index contributed by atoms with van der Waals surface area (Å²) in [6.07, 6.45) is 1.64. The van der Waals surface area contributed by atoms with E-state index in [4.69, 9.17) is 11.1 Å². The molecule has 0 aliphatic carbocycles. The first-order chi connectivity index (χ1) is 6.72. The van der Waals surface area contributed by atoms with E-state index in [1.165, 1.54) is 5.56 Å². The Hall–Kier alpha value is -0.930. The van der Waals surface area contributed by atoms with E-state index >= 15 is 0 Å². The lowest BCUT2D eigenvalue weighted by atomic mass is 10.1. The van der Waals surface area contributed by atoms with Gasteiger partial charge in [-0.25, -0.2) is 0 Å². The van der Waals surface area contributed by atoms with Crippen LogP contribution in [0.15, 0.2) is 24.3 Å². The van der Waals surface area contributed by atoms with Crippen LogP contribution in [0.1, 0.15) is 18.9 Å². The number of nitrogens with one attached hydrogen (secondary N) is 2. The summed E-state index contributed by atoms with van der Waals surface area (Å²) < 4.78 is 0. The molecule has 0 unspecified atom stereocenters. The molecule has 0 saturated carbocycles. The highest BCUT2D eigenvalue weighted by Gasteiger charge is 1.94. The van der Waals surface area contributed by atoms with Gasteiger partial charge in [0.1, 0.15) is 0 Å². The van der Waals surface area contributed by atoms with Crippen molar-refractivity contribution in [3.05, 3.63) is 29.8 Å². The standard InChI is InChI=1S/C11H17N3.2ClH/c1-2-9-4-3-5-10(8-9)14-7-6-11(12)13;;/h3-5,8,14H,2,6-7H2,1H3,(H3,12,13);2*1H. The maximum absolute atomic E-state index is 7.08. The normalized spacial score (nSPS) is 8.56. The van der Waals surface area contributed by atoms with Crippen molar-refractivity contribution in [2.24, 2.45) is 5.73 Å². The summed E-state index contributed by atoms with van der Waals surface area (Å²) >= 11 is 0. The van der Waals surface area contributed by atoms with E-state index < -0.39 is 0 Å². The van der Waals surface area contributed by atoms with Gasteiger partial charge in [0.05, 0.1) is 5.84 Å². The number of halogens is 2. The Bertz CT molecular complexity index is 316. The predicted molar refractivity (Wildman–Crippen MR) is 75.3 cm³/mol. The van der Waals surface area contributed by atoms with Gasteiger partial charge >= 0.3 is 0 Å². The van der Waals surface area contributed by atoms with Crippen molar-refractivity contribution in [3.8, 4) is 0 Å².